The number of aryl methyl sites for hydroxylation is 1. The van der Waals surface area contributed by atoms with E-state index in [1.165, 1.54) is 11.3 Å². The van der Waals surface area contributed by atoms with Gasteiger partial charge in [-0.3, -0.25) is 4.79 Å². The lowest BCUT2D eigenvalue weighted by molar-refractivity contribution is -0.123. The maximum Gasteiger partial charge on any atom is 0.139 e. The van der Waals surface area contributed by atoms with Gasteiger partial charge >= 0.3 is 0 Å². The number of nitrogens with zero attached hydrogens (tertiary/aromatic N) is 1. The summed E-state index contributed by atoms with van der Waals surface area (Å²) in [4.78, 5) is 14.1. The summed E-state index contributed by atoms with van der Waals surface area (Å²) < 4.78 is 1.09. The Morgan fingerprint density at radius 2 is 2.06 bits per heavy atom. The lowest BCUT2D eigenvalue weighted by Gasteiger charge is -2.39. The van der Waals surface area contributed by atoms with Gasteiger partial charge in [-0.2, -0.15) is 0 Å². The third kappa shape index (κ3) is 2.39. The molecule has 1 aromatic rings. The number of halogens is 1. The molecular formula is C14H18BrNO. The van der Waals surface area contributed by atoms with E-state index in [2.05, 4.69) is 52.9 Å². The third-order valence-electron chi connectivity index (χ3n) is 3.80. The van der Waals surface area contributed by atoms with Crippen molar-refractivity contribution in [3.05, 3.63) is 28.2 Å². The van der Waals surface area contributed by atoms with E-state index in [-0.39, 0.29) is 12.0 Å². The number of Topliss-reactive ketones (excluding diaryl/α,β-unsaturated/α-hetero) is 1. The first-order chi connectivity index (χ1) is 8.00. The van der Waals surface area contributed by atoms with E-state index in [1.807, 2.05) is 6.92 Å². The molecule has 0 aromatic heterocycles. The van der Waals surface area contributed by atoms with Gasteiger partial charge in [0.25, 0.3) is 0 Å². The first-order valence-electron chi connectivity index (χ1n) is 6.06. The fourth-order valence-corrected chi connectivity index (χ4v) is 2.78. The molecule has 0 radical (unpaired) electrons. The van der Waals surface area contributed by atoms with E-state index in [0.29, 0.717) is 12.2 Å². The topological polar surface area (TPSA) is 20.3 Å². The molecule has 1 aromatic carbocycles. The van der Waals surface area contributed by atoms with Crippen molar-refractivity contribution < 1.29 is 4.79 Å². The van der Waals surface area contributed by atoms with Gasteiger partial charge in [0.15, 0.2) is 0 Å². The van der Waals surface area contributed by atoms with E-state index in [0.717, 1.165) is 11.0 Å². The van der Waals surface area contributed by atoms with Crippen molar-refractivity contribution >= 4 is 27.4 Å². The smallest absolute Gasteiger partial charge is 0.139 e. The maximum absolute atomic E-state index is 11.7. The zero-order valence-electron chi connectivity index (χ0n) is 10.5. The van der Waals surface area contributed by atoms with Gasteiger partial charge in [0.2, 0.25) is 0 Å². The molecule has 0 saturated carbocycles. The summed E-state index contributed by atoms with van der Waals surface area (Å²) in [6.45, 7) is 7.13. The van der Waals surface area contributed by atoms with E-state index in [1.54, 1.807) is 0 Å². The Bertz CT molecular complexity index is 444. The molecule has 0 spiro atoms. The standard InChI is InChI=1S/C14H18BrNO/c1-9-4-5-12(15)8-13(9)16-7-6-14(17)10(2)11(16)3/h4-5,8,10-11H,6-7H2,1-3H3. The van der Waals surface area contributed by atoms with Crippen LogP contribution in [0, 0.1) is 12.8 Å². The molecule has 17 heavy (non-hydrogen) atoms. The number of benzene rings is 1. The molecule has 2 rings (SSSR count). The van der Waals surface area contributed by atoms with Crippen LogP contribution in [-0.2, 0) is 4.79 Å². The molecule has 1 fully saturated rings. The summed E-state index contributed by atoms with van der Waals surface area (Å²) in [5.41, 5.74) is 2.51. The van der Waals surface area contributed by atoms with Gasteiger partial charge in [0.1, 0.15) is 5.78 Å². The normalized spacial score (nSPS) is 25.2. The molecule has 1 aliphatic rings. The second-order valence-corrected chi connectivity index (χ2v) is 5.79. The van der Waals surface area contributed by atoms with Crippen LogP contribution in [0.15, 0.2) is 22.7 Å². The van der Waals surface area contributed by atoms with E-state index in [9.17, 15) is 4.79 Å². The highest BCUT2D eigenvalue weighted by Gasteiger charge is 2.31. The average Bonchev–Trinajstić information content (AvgIpc) is 2.30. The number of hydrogen-bond acceptors (Lipinski definition) is 2. The first kappa shape index (κ1) is 12.6. The zero-order chi connectivity index (χ0) is 12.6. The van der Waals surface area contributed by atoms with Gasteiger partial charge in [0.05, 0.1) is 0 Å². The predicted octanol–water partition coefficient (Wildman–Crippen LogP) is 3.56. The summed E-state index contributed by atoms with van der Waals surface area (Å²) in [7, 11) is 0. The van der Waals surface area contributed by atoms with Crippen LogP contribution in [0.25, 0.3) is 0 Å². The summed E-state index contributed by atoms with van der Waals surface area (Å²) in [5, 5.41) is 0. The number of anilines is 1. The summed E-state index contributed by atoms with van der Waals surface area (Å²) in [6.07, 6.45) is 0.664. The molecule has 0 aliphatic carbocycles. The molecule has 92 valence electrons. The molecule has 0 N–H and O–H groups in total. The van der Waals surface area contributed by atoms with Crippen molar-refractivity contribution in [3.63, 3.8) is 0 Å². The summed E-state index contributed by atoms with van der Waals surface area (Å²) >= 11 is 3.52. The lowest BCUT2D eigenvalue weighted by Crippen LogP contribution is -2.47. The van der Waals surface area contributed by atoms with Crippen LogP contribution in [0.4, 0.5) is 5.69 Å². The van der Waals surface area contributed by atoms with Gasteiger partial charge in [-0.1, -0.05) is 28.9 Å². The number of hydrogen-bond donors (Lipinski definition) is 0. The molecule has 2 atom stereocenters. The first-order valence-corrected chi connectivity index (χ1v) is 6.85. The summed E-state index contributed by atoms with van der Waals surface area (Å²) in [5.74, 6) is 0.517. The number of piperidine rings is 1. The molecule has 0 amide bonds. The summed E-state index contributed by atoms with van der Waals surface area (Å²) in [6, 6.07) is 6.60. The third-order valence-corrected chi connectivity index (χ3v) is 4.30. The van der Waals surface area contributed by atoms with E-state index < -0.39 is 0 Å². The highest BCUT2D eigenvalue weighted by atomic mass is 79.9. The predicted molar refractivity (Wildman–Crippen MR) is 74.5 cm³/mol. The Kier molecular flexibility index (Phi) is 3.57. The van der Waals surface area contributed by atoms with E-state index in [4.69, 9.17) is 0 Å². The van der Waals surface area contributed by atoms with Crippen molar-refractivity contribution in [2.45, 2.75) is 33.2 Å². The average molecular weight is 296 g/mol. The van der Waals surface area contributed by atoms with Gasteiger partial charge in [-0.05, 0) is 31.5 Å². The molecule has 1 saturated heterocycles. The van der Waals surface area contributed by atoms with Crippen molar-refractivity contribution in [1.29, 1.82) is 0 Å². The second kappa shape index (κ2) is 4.81. The lowest BCUT2D eigenvalue weighted by atomic mass is 9.90. The van der Waals surface area contributed by atoms with E-state index >= 15 is 0 Å². The highest BCUT2D eigenvalue weighted by Crippen LogP contribution is 2.31. The molecule has 0 bridgehead atoms. The number of carbonyl (C=O) groups excluding carboxylic acids is 1. The van der Waals surface area contributed by atoms with Crippen LogP contribution in [0.2, 0.25) is 0 Å². The van der Waals surface area contributed by atoms with Gasteiger partial charge in [-0.25, -0.2) is 0 Å². The molecular weight excluding hydrogens is 278 g/mol. The van der Waals surface area contributed by atoms with Crippen LogP contribution >= 0.6 is 15.9 Å². The molecule has 1 aliphatic heterocycles. The Morgan fingerprint density at radius 1 is 1.35 bits per heavy atom. The Labute approximate surface area is 111 Å². The van der Waals surface area contributed by atoms with Crippen molar-refractivity contribution in [1.82, 2.24) is 0 Å². The van der Waals surface area contributed by atoms with Crippen LogP contribution in [0.1, 0.15) is 25.8 Å². The van der Waals surface area contributed by atoms with Gasteiger partial charge in [-0.15, -0.1) is 0 Å². The van der Waals surface area contributed by atoms with Crippen LogP contribution < -0.4 is 4.90 Å². The fraction of sp³-hybridized carbons (Fsp3) is 0.500. The molecule has 3 heteroatoms. The minimum atomic E-state index is 0.127. The van der Waals surface area contributed by atoms with Crippen molar-refractivity contribution in [2.24, 2.45) is 5.92 Å². The minimum absolute atomic E-state index is 0.127. The monoisotopic (exact) mass is 295 g/mol. The quantitative estimate of drug-likeness (QED) is 0.789. The minimum Gasteiger partial charge on any atom is -0.367 e. The van der Waals surface area contributed by atoms with Gasteiger partial charge < -0.3 is 4.90 Å². The fourth-order valence-electron chi connectivity index (χ4n) is 2.43. The molecule has 2 unspecified atom stereocenters. The Morgan fingerprint density at radius 3 is 2.76 bits per heavy atom. The van der Waals surface area contributed by atoms with Crippen LogP contribution in [-0.4, -0.2) is 18.4 Å². The largest absolute Gasteiger partial charge is 0.367 e. The SMILES string of the molecule is Cc1ccc(Br)cc1N1CCC(=O)C(C)C1C. The van der Waals surface area contributed by atoms with Crippen LogP contribution in [0.5, 0.6) is 0 Å². The molecule has 1 heterocycles. The van der Waals surface area contributed by atoms with Gasteiger partial charge in [0, 0.05) is 35.1 Å². The highest BCUT2D eigenvalue weighted by molar-refractivity contribution is 9.10. The van der Waals surface area contributed by atoms with Crippen molar-refractivity contribution in [2.75, 3.05) is 11.4 Å². The number of ketones is 1. The molecule has 2 nitrogen and oxygen atoms in total. The van der Waals surface area contributed by atoms with Crippen LogP contribution in [0.3, 0.4) is 0 Å². The Hall–Kier alpha value is -0.830. The number of rotatable bonds is 1. The van der Waals surface area contributed by atoms with Crippen molar-refractivity contribution in [3.8, 4) is 0 Å². The second-order valence-electron chi connectivity index (χ2n) is 4.87. The maximum atomic E-state index is 11.7. The zero-order valence-corrected chi connectivity index (χ0v) is 12.1. The number of carbonyl (C=O) groups is 1. The Balaban J connectivity index is 2.33.